The van der Waals surface area contributed by atoms with E-state index in [4.69, 9.17) is 9.15 Å². The number of methoxy groups -OCH3 is 1. The van der Waals surface area contributed by atoms with Gasteiger partial charge in [-0.3, -0.25) is 4.79 Å². The summed E-state index contributed by atoms with van der Waals surface area (Å²) >= 11 is 1.30. The van der Waals surface area contributed by atoms with Crippen LogP contribution >= 0.6 is 11.3 Å². The third-order valence-corrected chi connectivity index (χ3v) is 7.26. The van der Waals surface area contributed by atoms with Crippen LogP contribution in [0.4, 0.5) is 5.13 Å². The van der Waals surface area contributed by atoms with Crippen LogP contribution in [-0.2, 0) is 21.1 Å². The molecule has 0 saturated carbocycles. The first kappa shape index (κ1) is 21.1. The van der Waals surface area contributed by atoms with Gasteiger partial charge >= 0.3 is 0 Å². The molecule has 0 saturated heterocycles. The lowest BCUT2D eigenvalue weighted by Crippen LogP contribution is -2.14. The predicted molar refractivity (Wildman–Crippen MR) is 120 cm³/mol. The molecular formula is C22H20N2O5S2. The summed E-state index contributed by atoms with van der Waals surface area (Å²) < 4.78 is 34.8. The summed E-state index contributed by atoms with van der Waals surface area (Å²) in [6, 6.07) is 13.8. The Bertz CT molecular complexity index is 1340. The molecule has 160 valence electrons. The zero-order chi connectivity index (χ0) is 22.0. The van der Waals surface area contributed by atoms with Crippen molar-refractivity contribution in [1.29, 1.82) is 0 Å². The van der Waals surface area contributed by atoms with E-state index in [1.165, 1.54) is 23.5 Å². The Morgan fingerprint density at radius 3 is 2.65 bits per heavy atom. The predicted octanol–water partition coefficient (Wildman–Crippen LogP) is 4.54. The number of hydrogen-bond acceptors (Lipinski definition) is 7. The Balaban J connectivity index is 1.43. The van der Waals surface area contributed by atoms with Crippen LogP contribution in [0.15, 0.2) is 63.2 Å². The number of nitrogens with zero attached hydrogens (tertiary/aromatic N) is 1. The van der Waals surface area contributed by atoms with Gasteiger partial charge in [-0.25, -0.2) is 13.4 Å². The number of thiazole rings is 1. The van der Waals surface area contributed by atoms with Crippen molar-refractivity contribution in [2.45, 2.75) is 18.2 Å². The Kier molecular flexibility index (Phi) is 5.79. The molecule has 0 aliphatic rings. The number of furan rings is 1. The minimum absolute atomic E-state index is 0.0397. The summed E-state index contributed by atoms with van der Waals surface area (Å²) in [6.07, 6.45) is 0.117. The maximum absolute atomic E-state index is 12.4. The number of ether oxygens (including phenoxy) is 1. The molecular weight excluding hydrogens is 436 g/mol. The van der Waals surface area contributed by atoms with Crippen molar-refractivity contribution in [3.63, 3.8) is 0 Å². The monoisotopic (exact) mass is 456 g/mol. The van der Waals surface area contributed by atoms with Gasteiger partial charge in [0.15, 0.2) is 20.7 Å². The summed E-state index contributed by atoms with van der Waals surface area (Å²) in [5, 5.41) is 5.96. The number of amides is 1. The van der Waals surface area contributed by atoms with Crippen molar-refractivity contribution in [2.24, 2.45) is 0 Å². The van der Waals surface area contributed by atoms with Gasteiger partial charge in [-0.15, -0.1) is 11.3 Å². The quantitative estimate of drug-likeness (QED) is 0.438. The van der Waals surface area contributed by atoms with E-state index in [1.54, 1.807) is 26.2 Å². The average Bonchev–Trinajstić information content (AvgIpc) is 3.40. The molecule has 9 heteroatoms. The Labute approximate surface area is 183 Å². The fraction of sp³-hybridized carbons (Fsp3) is 0.182. The molecule has 0 unspecified atom stereocenters. The van der Waals surface area contributed by atoms with Crippen molar-refractivity contribution < 1.29 is 22.4 Å². The van der Waals surface area contributed by atoms with Crippen LogP contribution in [0.5, 0.6) is 5.75 Å². The molecule has 2 aromatic heterocycles. The van der Waals surface area contributed by atoms with Crippen LogP contribution < -0.4 is 10.1 Å². The molecule has 0 atom stereocenters. The Morgan fingerprint density at radius 2 is 1.94 bits per heavy atom. The molecule has 1 N–H and O–H groups in total. The zero-order valence-electron chi connectivity index (χ0n) is 16.9. The molecule has 0 aliphatic carbocycles. The molecule has 1 amide bonds. The number of carbonyl (C=O) groups is 1. The van der Waals surface area contributed by atoms with Crippen molar-refractivity contribution in [1.82, 2.24) is 4.98 Å². The second kappa shape index (κ2) is 8.52. The first-order valence-corrected chi connectivity index (χ1v) is 12.1. The standard InChI is InChI=1S/C22H20N2O5S2/c1-3-31(26,27)17-7-4-14(5-8-17)10-21(25)24-22-23-18(13-30-22)20-12-15-11-16(28-2)6-9-19(15)29-20/h4-9,11-13H,3,10H2,1-2H3,(H,23,24,25). The maximum Gasteiger partial charge on any atom is 0.230 e. The molecule has 0 fully saturated rings. The van der Waals surface area contributed by atoms with E-state index in [1.807, 2.05) is 29.6 Å². The van der Waals surface area contributed by atoms with Gasteiger partial charge < -0.3 is 14.5 Å². The molecule has 0 bridgehead atoms. The van der Waals surface area contributed by atoms with Crippen molar-refractivity contribution >= 4 is 43.2 Å². The van der Waals surface area contributed by atoms with Crippen molar-refractivity contribution in [3.05, 3.63) is 59.5 Å². The normalized spacial score (nSPS) is 11.5. The van der Waals surface area contributed by atoms with E-state index in [0.29, 0.717) is 16.6 Å². The molecule has 4 rings (SSSR count). The molecule has 4 aromatic rings. The van der Waals surface area contributed by atoms with E-state index >= 15 is 0 Å². The van der Waals surface area contributed by atoms with Crippen LogP contribution in [0, 0.1) is 0 Å². The van der Waals surface area contributed by atoms with E-state index < -0.39 is 9.84 Å². The third kappa shape index (κ3) is 4.62. The highest BCUT2D eigenvalue weighted by Crippen LogP contribution is 2.32. The number of aromatic nitrogens is 1. The molecule has 0 radical (unpaired) electrons. The minimum atomic E-state index is -3.25. The van der Waals surface area contributed by atoms with Gasteiger partial charge in [0, 0.05) is 10.8 Å². The summed E-state index contributed by atoms with van der Waals surface area (Å²) in [4.78, 5) is 17.1. The van der Waals surface area contributed by atoms with Crippen LogP contribution in [0.2, 0.25) is 0 Å². The van der Waals surface area contributed by atoms with Gasteiger partial charge in [-0.05, 0) is 42.0 Å². The van der Waals surface area contributed by atoms with Crippen LogP contribution in [0.25, 0.3) is 22.4 Å². The van der Waals surface area contributed by atoms with Crippen LogP contribution in [0.3, 0.4) is 0 Å². The molecule has 7 nitrogen and oxygen atoms in total. The fourth-order valence-corrected chi connectivity index (χ4v) is 4.65. The van der Waals surface area contributed by atoms with Crippen molar-refractivity contribution in [3.8, 4) is 17.2 Å². The second-order valence-electron chi connectivity index (χ2n) is 6.82. The van der Waals surface area contributed by atoms with Gasteiger partial charge in [0.05, 0.1) is 24.2 Å². The van der Waals surface area contributed by atoms with Crippen LogP contribution in [0.1, 0.15) is 12.5 Å². The summed E-state index contributed by atoms with van der Waals surface area (Å²) in [5.41, 5.74) is 2.07. The topological polar surface area (TPSA) is 98.5 Å². The highest BCUT2D eigenvalue weighted by molar-refractivity contribution is 7.91. The number of hydrogen-bond donors (Lipinski definition) is 1. The average molecular weight is 457 g/mol. The number of rotatable bonds is 7. The zero-order valence-corrected chi connectivity index (χ0v) is 18.5. The summed E-state index contributed by atoms with van der Waals surface area (Å²) in [7, 11) is -1.64. The summed E-state index contributed by atoms with van der Waals surface area (Å²) in [5.74, 6) is 1.15. The van der Waals surface area contributed by atoms with E-state index in [0.717, 1.165) is 22.3 Å². The fourth-order valence-electron chi connectivity index (χ4n) is 3.05. The van der Waals surface area contributed by atoms with Gasteiger partial charge in [0.2, 0.25) is 5.91 Å². The number of nitrogens with one attached hydrogen (secondary N) is 1. The first-order chi connectivity index (χ1) is 14.9. The molecule has 0 aliphatic heterocycles. The highest BCUT2D eigenvalue weighted by atomic mass is 32.2. The Morgan fingerprint density at radius 1 is 1.16 bits per heavy atom. The summed E-state index contributed by atoms with van der Waals surface area (Å²) in [6.45, 7) is 1.60. The minimum Gasteiger partial charge on any atom is -0.497 e. The molecule has 2 aromatic carbocycles. The lowest BCUT2D eigenvalue weighted by molar-refractivity contribution is -0.115. The number of carbonyl (C=O) groups excluding carboxylic acids is 1. The molecule has 2 heterocycles. The smallest absolute Gasteiger partial charge is 0.230 e. The largest absolute Gasteiger partial charge is 0.497 e. The molecule has 0 spiro atoms. The van der Waals surface area contributed by atoms with Gasteiger partial charge in [-0.2, -0.15) is 0 Å². The number of benzene rings is 2. The van der Waals surface area contributed by atoms with Gasteiger partial charge in [-0.1, -0.05) is 19.1 Å². The third-order valence-electron chi connectivity index (χ3n) is 4.75. The van der Waals surface area contributed by atoms with Gasteiger partial charge in [0.25, 0.3) is 0 Å². The van der Waals surface area contributed by atoms with Gasteiger partial charge in [0.1, 0.15) is 17.0 Å². The van der Waals surface area contributed by atoms with Crippen molar-refractivity contribution in [2.75, 3.05) is 18.2 Å². The second-order valence-corrected chi connectivity index (χ2v) is 9.96. The maximum atomic E-state index is 12.4. The first-order valence-electron chi connectivity index (χ1n) is 9.53. The highest BCUT2D eigenvalue weighted by Gasteiger charge is 2.14. The van der Waals surface area contributed by atoms with E-state index in [2.05, 4.69) is 10.3 Å². The lowest BCUT2D eigenvalue weighted by Gasteiger charge is -2.04. The number of sulfone groups is 1. The van der Waals surface area contributed by atoms with E-state index in [-0.39, 0.29) is 23.0 Å². The number of fused-ring (bicyclic) bond motifs is 1. The SMILES string of the molecule is CCS(=O)(=O)c1ccc(CC(=O)Nc2nc(-c3cc4cc(OC)ccc4o3)cs2)cc1. The molecule has 31 heavy (non-hydrogen) atoms. The van der Waals surface area contributed by atoms with Crippen LogP contribution in [-0.4, -0.2) is 32.2 Å². The van der Waals surface area contributed by atoms with E-state index in [9.17, 15) is 13.2 Å². The Hall–Kier alpha value is -3.17. The number of anilines is 1. The lowest BCUT2D eigenvalue weighted by atomic mass is 10.1.